The predicted molar refractivity (Wildman–Crippen MR) is 63.1 cm³/mol. The van der Waals surface area contributed by atoms with Gasteiger partial charge in [-0.25, -0.2) is 0 Å². The van der Waals surface area contributed by atoms with E-state index < -0.39 is 19.2 Å². The molecule has 0 spiro atoms. The van der Waals surface area contributed by atoms with Gasteiger partial charge in [-0.1, -0.05) is 11.8 Å². The van der Waals surface area contributed by atoms with E-state index in [1.165, 1.54) is 19.2 Å². The smallest absolute Gasteiger partial charge is 0.392 e. The minimum absolute atomic E-state index is 0.228. The first-order valence-electron chi connectivity index (χ1n) is 5.43. The fourth-order valence-corrected chi connectivity index (χ4v) is 1.27. The Bertz CT molecular complexity index is 472. The van der Waals surface area contributed by atoms with Crippen LogP contribution in [-0.2, 0) is 0 Å². The van der Waals surface area contributed by atoms with Crippen molar-refractivity contribution in [3.63, 3.8) is 0 Å². The quantitative estimate of drug-likeness (QED) is 0.857. The maximum Gasteiger partial charge on any atom is 0.392 e. The molecule has 1 N–H and O–H groups in total. The maximum atomic E-state index is 12.0. The van der Waals surface area contributed by atoms with Gasteiger partial charge in [0.1, 0.15) is 18.1 Å². The van der Waals surface area contributed by atoms with Crippen molar-refractivity contribution < 1.29 is 27.8 Å². The summed E-state index contributed by atoms with van der Waals surface area (Å²) < 4.78 is 46.1. The first-order chi connectivity index (χ1) is 8.96. The third-order valence-electron chi connectivity index (χ3n) is 2.13. The summed E-state index contributed by atoms with van der Waals surface area (Å²) >= 11 is 0. The molecule has 0 saturated carbocycles. The Morgan fingerprint density at radius 2 is 2.05 bits per heavy atom. The standard InChI is InChI=1S/C13H13F3O3/c1-18-11-4-5-12(10(9-11)3-2-7-17)19-8-6-13(14,15)16/h4-5,9,17H,6-8H2,1H3. The summed E-state index contributed by atoms with van der Waals surface area (Å²) in [6.07, 6.45) is -5.30. The van der Waals surface area contributed by atoms with Crippen LogP contribution >= 0.6 is 0 Å². The van der Waals surface area contributed by atoms with Crippen LogP contribution in [0.25, 0.3) is 0 Å². The summed E-state index contributed by atoms with van der Waals surface area (Å²) in [6, 6.07) is 4.58. The highest BCUT2D eigenvalue weighted by atomic mass is 19.4. The van der Waals surface area contributed by atoms with Crippen molar-refractivity contribution in [2.75, 3.05) is 20.3 Å². The first kappa shape index (κ1) is 15.2. The van der Waals surface area contributed by atoms with Gasteiger partial charge < -0.3 is 14.6 Å². The molecule has 1 rings (SSSR count). The largest absolute Gasteiger partial charge is 0.497 e. The van der Waals surface area contributed by atoms with Crippen LogP contribution in [0.5, 0.6) is 11.5 Å². The van der Waals surface area contributed by atoms with Gasteiger partial charge in [-0.3, -0.25) is 0 Å². The molecule has 6 heteroatoms. The van der Waals surface area contributed by atoms with Crippen molar-refractivity contribution >= 4 is 0 Å². The molecule has 0 bridgehead atoms. The number of methoxy groups -OCH3 is 1. The molecule has 0 fully saturated rings. The molecule has 0 radical (unpaired) electrons. The van der Waals surface area contributed by atoms with Gasteiger partial charge in [0.2, 0.25) is 0 Å². The van der Waals surface area contributed by atoms with E-state index >= 15 is 0 Å². The average Bonchev–Trinajstić information content (AvgIpc) is 2.35. The normalized spacial score (nSPS) is 10.6. The van der Waals surface area contributed by atoms with E-state index in [2.05, 4.69) is 11.8 Å². The molecule has 19 heavy (non-hydrogen) atoms. The van der Waals surface area contributed by atoms with Gasteiger partial charge in [0.05, 0.1) is 25.7 Å². The van der Waals surface area contributed by atoms with Gasteiger partial charge >= 0.3 is 6.18 Å². The van der Waals surface area contributed by atoms with Crippen molar-refractivity contribution in [1.29, 1.82) is 0 Å². The van der Waals surface area contributed by atoms with Crippen molar-refractivity contribution in [3.8, 4) is 23.3 Å². The number of ether oxygens (including phenoxy) is 2. The van der Waals surface area contributed by atoms with Gasteiger partial charge in [0, 0.05) is 0 Å². The summed E-state index contributed by atoms with van der Waals surface area (Å²) in [5, 5.41) is 8.63. The molecule has 0 unspecified atom stereocenters. The summed E-state index contributed by atoms with van der Waals surface area (Å²) in [5.74, 6) is 5.74. The van der Waals surface area contributed by atoms with Crippen molar-refractivity contribution in [1.82, 2.24) is 0 Å². The minimum Gasteiger partial charge on any atom is -0.497 e. The molecule has 3 nitrogen and oxygen atoms in total. The lowest BCUT2D eigenvalue weighted by Crippen LogP contribution is -2.13. The monoisotopic (exact) mass is 274 g/mol. The van der Waals surface area contributed by atoms with Crippen LogP contribution in [0.1, 0.15) is 12.0 Å². The molecule has 0 heterocycles. The third-order valence-corrected chi connectivity index (χ3v) is 2.13. The van der Waals surface area contributed by atoms with Crippen LogP contribution in [0.3, 0.4) is 0 Å². The fraction of sp³-hybridized carbons (Fsp3) is 0.385. The molecule has 0 aliphatic rings. The lowest BCUT2D eigenvalue weighted by Gasteiger charge is -2.11. The second-order valence-corrected chi connectivity index (χ2v) is 3.54. The van der Waals surface area contributed by atoms with Gasteiger partial charge in [-0.2, -0.15) is 13.2 Å². The number of aliphatic hydroxyl groups excluding tert-OH is 1. The second kappa shape index (κ2) is 6.90. The Morgan fingerprint density at radius 1 is 1.32 bits per heavy atom. The molecule has 1 aromatic carbocycles. The van der Waals surface area contributed by atoms with E-state index in [-0.39, 0.29) is 12.4 Å². The Balaban J connectivity index is 2.81. The third kappa shape index (κ3) is 5.53. The Hall–Kier alpha value is -1.87. The van der Waals surface area contributed by atoms with E-state index in [9.17, 15) is 13.2 Å². The molecule has 0 aliphatic heterocycles. The lowest BCUT2D eigenvalue weighted by atomic mass is 10.2. The molecular weight excluding hydrogens is 261 g/mol. The Morgan fingerprint density at radius 3 is 2.63 bits per heavy atom. The van der Waals surface area contributed by atoms with Gasteiger partial charge in [0.15, 0.2) is 0 Å². The topological polar surface area (TPSA) is 38.7 Å². The maximum absolute atomic E-state index is 12.0. The van der Waals surface area contributed by atoms with Crippen LogP contribution in [0.2, 0.25) is 0 Å². The number of halogens is 3. The van der Waals surface area contributed by atoms with Crippen LogP contribution in [-0.4, -0.2) is 31.6 Å². The summed E-state index contributed by atoms with van der Waals surface area (Å²) in [6.45, 7) is -0.831. The zero-order valence-electron chi connectivity index (χ0n) is 10.3. The van der Waals surface area contributed by atoms with Crippen LogP contribution < -0.4 is 9.47 Å². The summed E-state index contributed by atoms with van der Waals surface area (Å²) in [5.41, 5.74) is 0.371. The number of alkyl halides is 3. The predicted octanol–water partition coefficient (Wildman–Crippen LogP) is 2.37. The molecule has 0 aliphatic carbocycles. The van der Waals surface area contributed by atoms with Crippen molar-refractivity contribution in [2.45, 2.75) is 12.6 Å². The van der Waals surface area contributed by atoms with Crippen molar-refractivity contribution in [2.24, 2.45) is 0 Å². The first-order valence-corrected chi connectivity index (χ1v) is 5.43. The molecule has 0 aromatic heterocycles. The average molecular weight is 274 g/mol. The molecule has 1 aromatic rings. The highest BCUT2D eigenvalue weighted by Gasteiger charge is 2.26. The lowest BCUT2D eigenvalue weighted by molar-refractivity contribution is -0.139. The van der Waals surface area contributed by atoms with E-state index in [0.29, 0.717) is 11.3 Å². The minimum atomic E-state index is -4.26. The van der Waals surface area contributed by atoms with Crippen LogP contribution in [0, 0.1) is 11.8 Å². The summed E-state index contributed by atoms with van der Waals surface area (Å²) in [4.78, 5) is 0. The molecule has 0 amide bonds. The molecular formula is C13H13F3O3. The number of rotatable bonds is 4. The molecule has 104 valence electrons. The number of hydrogen-bond acceptors (Lipinski definition) is 3. The van der Waals surface area contributed by atoms with Gasteiger partial charge in [-0.05, 0) is 18.2 Å². The van der Waals surface area contributed by atoms with Crippen LogP contribution in [0.15, 0.2) is 18.2 Å². The molecule has 0 atom stereocenters. The van der Waals surface area contributed by atoms with Crippen LogP contribution in [0.4, 0.5) is 13.2 Å². The van der Waals surface area contributed by atoms with E-state index in [4.69, 9.17) is 14.6 Å². The Kier molecular flexibility index (Phi) is 5.52. The SMILES string of the molecule is COc1ccc(OCCC(F)(F)F)c(C#CCO)c1. The van der Waals surface area contributed by atoms with Gasteiger partial charge in [0.25, 0.3) is 0 Å². The number of hydrogen-bond donors (Lipinski definition) is 1. The van der Waals surface area contributed by atoms with E-state index in [0.717, 1.165) is 0 Å². The van der Waals surface area contributed by atoms with Crippen molar-refractivity contribution in [3.05, 3.63) is 23.8 Å². The zero-order valence-corrected chi connectivity index (χ0v) is 10.3. The fourth-order valence-electron chi connectivity index (χ4n) is 1.27. The van der Waals surface area contributed by atoms with E-state index in [1.54, 1.807) is 6.07 Å². The molecule has 0 saturated heterocycles. The second-order valence-electron chi connectivity index (χ2n) is 3.54. The number of benzene rings is 1. The number of aliphatic hydroxyl groups is 1. The van der Waals surface area contributed by atoms with E-state index in [1.807, 2.05) is 0 Å². The van der Waals surface area contributed by atoms with Gasteiger partial charge in [-0.15, -0.1) is 0 Å². The zero-order chi connectivity index (χ0) is 14.3. The summed E-state index contributed by atoms with van der Waals surface area (Å²) in [7, 11) is 1.46. The Labute approximate surface area is 109 Å². The highest BCUT2D eigenvalue weighted by Crippen LogP contribution is 2.25. The highest BCUT2D eigenvalue weighted by molar-refractivity contribution is 5.50.